The van der Waals surface area contributed by atoms with E-state index in [0.717, 1.165) is 21.5 Å². The lowest BCUT2D eigenvalue weighted by atomic mass is 10.3. The first-order valence-corrected chi connectivity index (χ1v) is 7.20. The van der Waals surface area contributed by atoms with Gasteiger partial charge in [-0.1, -0.05) is 0 Å². The summed E-state index contributed by atoms with van der Waals surface area (Å²) in [6.07, 6.45) is 0.583. The van der Waals surface area contributed by atoms with Crippen LogP contribution in [0.2, 0.25) is 0 Å². The van der Waals surface area contributed by atoms with Crippen molar-refractivity contribution in [2.75, 3.05) is 12.4 Å². The van der Waals surface area contributed by atoms with Gasteiger partial charge in [-0.05, 0) is 13.8 Å². The van der Waals surface area contributed by atoms with Crippen molar-refractivity contribution in [3.63, 3.8) is 0 Å². The van der Waals surface area contributed by atoms with Crippen LogP contribution in [0.1, 0.15) is 17.1 Å². The Morgan fingerprint density at radius 2 is 2.21 bits per heavy atom. The van der Waals surface area contributed by atoms with Crippen LogP contribution in [0.5, 0.6) is 0 Å². The number of aromatic nitrogens is 2. The van der Waals surface area contributed by atoms with Crippen LogP contribution in [0.25, 0.3) is 10.6 Å². The molecule has 0 radical (unpaired) electrons. The minimum atomic E-state index is 0.0139. The molecule has 0 aliphatic carbocycles. The summed E-state index contributed by atoms with van der Waals surface area (Å²) >= 11 is 3.32. The number of aryl methyl sites for hydroxylation is 2. The van der Waals surface area contributed by atoms with Gasteiger partial charge in [0.15, 0.2) is 5.13 Å². The van der Waals surface area contributed by atoms with E-state index in [4.69, 9.17) is 5.26 Å². The van der Waals surface area contributed by atoms with Gasteiger partial charge in [0.05, 0.1) is 33.8 Å². The number of rotatable bonds is 3. The Morgan fingerprint density at radius 1 is 1.47 bits per heavy atom. The second-order valence-electron chi connectivity index (χ2n) is 3.46. The van der Waals surface area contributed by atoms with Crippen molar-refractivity contribution in [1.82, 2.24) is 9.97 Å². The van der Waals surface area contributed by atoms with E-state index in [0.29, 0.717) is 6.29 Å². The van der Waals surface area contributed by atoms with E-state index >= 15 is 0 Å². The largest absolute Gasteiger partial charge is 0.365 e. The number of thiazole rings is 2. The third-order valence-electron chi connectivity index (χ3n) is 2.03. The molecule has 2 aromatic heterocycles. The van der Waals surface area contributed by atoms with Crippen molar-refractivity contribution < 1.29 is 4.79 Å². The zero-order valence-electron chi connectivity index (χ0n) is 10.9. The van der Waals surface area contributed by atoms with Gasteiger partial charge in [0.1, 0.15) is 6.29 Å². The molecule has 2 aromatic rings. The molecule has 0 amide bonds. The molecule has 0 atom stereocenters. The molecule has 100 valence electrons. The highest BCUT2D eigenvalue weighted by Gasteiger charge is 2.10. The number of anilines is 1. The quantitative estimate of drug-likeness (QED) is 0.880. The molecule has 19 heavy (non-hydrogen) atoms. The fourth-order valence-electron chi connectivity index (χ4n) is 1.30. The van der Waals surface area contributed by atoms with E-state index in [1.54, 1.807) is 28.7 Å². The molecule has 7 heteroatoms. The van der Waals surface area contributed by atoms with Crippen LogP contribution in [0.3, 0.4) is 0 Å². The van der Waals surface area contributed by atoms with E-state index in [1.807, 2.05) is 20.9 Å². The van der Waals surface area contributed by atoms with Gasteiger partial charge < -0.3 is 10.1 Å². The maximum Gasteiger partial charge on any atom is 0.182 e. The van der Waals surface area contributed by atoms with Crippen LogP contribution < -0.4 is 5.32 Å². The molecule has 2 rings (SSSR count). The first-order valence-electron chi connectivity index (χ1n) is 5.50. The monoisotopic (exact) mass is 294 g/mol. The van der Waals surface area contributed by atoms with E-state index in [-0.39, 0.29) is 6.42 Å². The fraction of sp³-hybridized carbons (Fsp3) is 0.333. The topological polar surface area (TPSA) is 78.7 Å². The first kappa shape index (κ1) is 15.3. The van der Waals surface area contributed by atoms with Crippen LogP contribution in [-0.2, 0) is 4.79 Å². The molecule has 0 spiro atoms. The molecule has 5 nitrogen and oxygen atoms in total. The highest BCUT2D eigenvalue weighted by atomic mass is 32.1. The van der Waals surface area contributed by atoms with Gasteiger partial charge in [-0.3, -0.25) is 0 Å². The summed E-state index contributed by atoms with van der Waals surface area (Å²) in [6, 6.07) is 1.65. The number of nitrogens with one attached hydrogen (secondary N) is 1. The second-order valence-corrected chi connectivity index (χ2v) is 5.53. The fourth-order valence-corrected chi connectivity index (χ4v) is 2.92. The van der Waals surface area contributed by atoms with Crippen molar-refractivity contribution in [3.05, 3.63) is 16.1 Å². The lowest BCUT2D eigenvalue weighted by Gasteiger charge is -1.91. The van der Waals surface area contributed by atoms with Crippen LogP contribution in [0, 0.1) is 25.2 Å². The molecular formula is C12H14N4OS2. The number of hydrogen-bond donors (Lipinski definition) is 1. The highest BCUT2D eigenvalue weighted by Crippen LogP contribution is 2.31. The van der Waals surface area contributed by atoms with Crippen molar-refractivity contribution in [1.29, 1.82) is 5.26 Å². The first-order chi connectivity index (χ1) is 9.12. The Morgan fingerprint density at radius 3 is 2.58 bits per heavy atom. The Hall–Kier alpha value is -1.78. The van der Waals surface area contributed by atoms with Gasteiger partial charge in [0.2, 0.25) is 0 Å². The predicted molar refractivity (Wildman–Crippen MR) is 78.5 cm³/mol. The average Bonchev–Trinajstić information content (AvgIpc) is 2.97. The van der Waals surface area contributed by atoms with Crippen LogP contribution in [0.4, 0.5) is 5.13 Å². The minimum Gasteiger partial charge on any atom is -0.365 e. The molecule has 0 aliphatic rings. The van der Waals surface area contributed by atoms with Gasteiger partial charge in [-0.15, -0.1) is 22.7 Å². The number of carbonyl (C=O) groups excluding carboxylic acids is 1. The standard InChI is InChI=1S/C9H11N3S2.C3H3NO/c1-5-8(14-6(2)11-5)7-4-13-9(10-3)12-7;4-2-1-3-5/h4H,1-3H3,(H,10,12);3H,1H2. The Labute approximate surface area is 120 Å². The van der Waals surface area contributed by atoms with Gasteiger partial charge in [0.25, 0.3) is 0 Å². The molecule has 0 aliphatic heterocycles. The Balaban J connectivity index is 0.000000312. The number of carbonyl (C=O) groups is 1. The SMILES string of the molecule is CNc1nc(-c2sc(C)nc2C)cs1.N#CCC=O. The van der Waals surface area contributed by atoms with Crippen LogP contribution in [0.15, 0.2) is 5.38 Å². The zero-order chi connectivity index (χ0) is 14.3. The van der Waals surface area contributed by atoms with Crippen LogP contribution >= 0.6 is 22.7 Å². The van der Waals surface area contributed by atoms with Crippen LogP contribution in [-0.4, -0.2) is 23.3 Å². The van der Waals surface area contributed by atoms with Crippen molar-refractivity contribution >= 4 is 34.1 Å². The molecule has 0 bridgehead atoms. The highest BCUT2D eigenvalue weighted by molar-refractivity contribution is 7.16. The summed E-state index contributed by atoms with van der Waals surface area (Å²) in [7, 11) is 1.88. The summed E-state index contributed by atoms with van der Waals surface area (Å²) in [5.41, 5.74) is 2.10. The summed E-state index contributed by atoms with van der Waals surface area (Å²) in [5, 5.41) is 14.7. The minimum absolute atomic E-state index is 0.0139. The van der Waals surface area contributed by atoms with Gasteiger partial charge >= 0.3 is 0 Å². The number of nitrogens with zero attached hydrogens (tertiary/aromatic N) is 3. The van der Waals surface area contributed by atoms with Gasteiger partial charge in [-0.2, -0.15) is 5.26 Å². The lowest BCUT2D eigenvalue weighted by molar-refractivity contribution is -0.107. The third-order valence-corrected chi connectivity index (χ3v) is 3.98. The molecular weight excluding hydrogens is 280 g/mol. The summed E-state index contributed by atoms with van der Waals surface area (Å²) in [5.74, 6) is 0. The molecule has 0 aromatic carbocycles. The maximum atomic E-state index is 9.18. The molecule has 0 saturated carbocycles. The third kappa shape index (κ3) is 4.43. The van der Waals surface area contributed by atoms with Gasteiger partial charge in [-0.25, -0.2) is 9.97 Å². The Bertz CT molecular complexity index is 583. The zero-order valence-corrected chi connectivity index (χ0v) is 12.6. The lowest BCUT2D eigenvalue weighted by Crippen LogP contribution is -1.85. The Kier molecular flexibility index (Phi) is 6.12. The maximum absolute atomic E-state index is 9.18. The number of aldehydes is 1. The normalized spacial score (nSPS) is 9.16. The van der Waals surface area contributed by atoms with Crippen molar-refractivity contribution in [2.24, 2.45) is 0 Å². The predicted octanol–water partition coefficient (Wildman–Crippen LogP) is 3.02. The molecule has 0 unspecified atom stereocenters. The van der Waals surface area contributed by atoms with Gasteiger partial charge in [0, 0.05) is 12.4 Å². The summed E-state index contributed by atoms with van der Waals surface area (Å²) in [6.45, 7) is 4.05. The second kappa shape index (κ2) is 7.61. The van der Waals surface area contributed by atoms with E-state index in [1.165, 1.54) is 4.88 Å². The number of hydrogen-bond acceptors (Lipinski definition) is 7. The molecule has 1 N–H and O–H groups in total. The average molecular weight is 294 g/mol. The van der Waals surface area contributed by atoms with Crippen molar-refractivity contribution in [3.8, 4) is 16.6 Å². The van der Waals surface area contributed by atoms with E-state index in [9.17, 15) is 4.79 Å². The number of nitriles is 1. The van der Waals surface area contributed by atoms with E-state index in [2.05, 4.69) is 20.7 Å². The van der Waals surface area contributed by atoms with E-state index < -0.39 is 0 Å². The molecule has 0 fully saturated rings. The molecule has 0 saturated heterocycles. The molecule has 2 heterocycles. The smallest absolute Gasteiger partial charge is 0.182 e. The van der Waals surface area contributed by atoms with Crippen molar-refractivity contribution in [2.45, 2.75) is 20.3 Å². The summed E-state index contributed by atoms with van der Waals surface area (Å²) < 4.78 is 0. The summed E-state index contributed by atoms with van der Waals surface area (Å²) in [4.78, 5) is 19.2.